The molecule has 318 valence electrons. The predicted molar refractivity (Wildman–Crippen MR) is 232 cm³/mol. The second-order valence-electron chi connectivity index (χ2n) is 15.8. The number of hydrogen-bond donors (Lipinski definition) is 3. The number of benzene rings is 4. The van der Waals surface area contributed by atoms with Crippen molar-refractivity contribution >= 4 is 38.1 Å². The third-order valence-electron chi connectivity index (χ3n) is 12.1. The van der Waals surface area contributed by atoms with Crippen LogP contribution in [0.15, 0.2) is 119 Å². The summed E-state index contributed by atoms with van der Waals surface area (Å²) in [6.45, 7) is 5.57. The molecule has 3 aliphatic rings. The average molecular weight is 838 g/mol. The molecule has 7 rings (SSSR count). The monoisotopic (exact) mass is 837 g/mol. The fourth-order valence-electron chi connectivity index (χ4n) is 9.49. The molecule has 0 unspecified atom stereocenters. The molecule has 6 atom stereocenters. The van der Waals surface area contributed by atoms with Gasteiger partial charge in [-0.3, -0.25) is 4.79 Å². The fraction of sp³-hybridized carbons (Fsp3) is 0.404. The molecule has 13 heteroatoms. The Balaban J connectivity index is 1.40. The summed E-state index contributed by atoms with van der Waals surface area (Å²) in [5.41, 5.74) is 2.83. The molecule has 4 aromatic carbocycles. The predicted octanol–water partition coefficient (Wildman–Crippen LogP) is 8.17. The van der Waals surface area contributed by atoms with E-state index in [0.717, 1.165) is 47.6 Å². The molecule has 4 aromatic rings. The molecule has 0 radical (unpaired) electrons. The highest BCUT2D eigenvalue weighted by Gasteiger charge is 2.65. The number of aliphatic hydroxyl groups is 2. The number of rotatable bonds is 18. The first kappa shape index (κ1) is 43.1. The van der Waals surface area contributed by atoms with Gasteiger partial charge in [0.15, 0.2) is 0 Å². The van der Waals surface area contributed by atoms with Gasteiger partial charge in [0.25, 0.3) is 0 Å². The van der Waals surface area contributed by atoms with E-state index >= 15 is 0 Å². The first-order valence-electron chi connectivity index (χ1n) is 20.7. The van der Waals surface area contributed by atoms with E-state index in [1.165, 1.54) is 37.5 Å². The molecule has 0 saturated heterocycles. The van der Waals surface area contributed by atoms with Gasteiger partial charge in [0.05, 0.1) is 29.2 Å². The number of ether oxygens (including phenoxy) is 3. The van der Waals surface area contributed by atoms with Crippen LogP contribution in [-0.4, -0.2) is 80.4 Å². The van der Waals surface area contributed by atoms with Crippen LogP contribution in [0.4, 0.5) is 5.69 Å². The molecule has 1 amide bonds. The van der Waals surface area contributed by atoms with E-state index in [-0.39, 0.29) is 54.8 Å². The fourth-order valence-corrected chi connectivity index (χ4v) is 10.9. The standard InChI is InChI=1S/C47H55N3O9S/c1-5-26-57-47-44(50(3)60(54,55)38-21-17-35(18-22-38)48-31(2)53)30-42(49-56-4)40-28-34(14-8-10-24-51)39(15-9-11-25-52)45(46(40)47)41-29-37(20-23-43(41)59-47)58-36-19-16-32-12-6-7-13-33(32)27-36/h5-7,12-13,16-23,27-29,34,39,44-46,51-52H,1,8-11,14-15,24-26,30H2,2-4H3,(H,48,53)/t34-,39+,44-,45+,46+,47+/m0/s1. The van der Waals surface area contributed by atoms with Crippen molar-refractivity contribution in [3.05, 3.63) is 115 Å². The summed E-state index contributed by atoms with van der Waals surface area (Å²) < 4.78 is 51.4. The molecular weight excluding hydrogens is 783 g/mol. The normalized spacial score (nSPS) is 23.9. The van der Waals surface area contributed by atoms with Crippen LogP contribution >= 0.6 is 0 Å². The number of nitrogens with zero attached hydrogens (tertiary/aromatic N) is 2. The van der Waals surface area contributed by atoms with Crippen molar-refractivity contribution in [2.75, 3.05) is 39.3 Å². The summed E-state index contributed by atoms with van der Waals surface area (Å²) in [5, 5.41) is 29.2. The topological polar surface area (TPSA) is 156 Å². The number of sulfonamides is 1. The van der Waals surface area contributed by atoms with Gasteiger partial charge in [0.2, 0.25) is 21.7 Å². The van der Waals surface area contributed by atoms with Gasteiger partial charge in [-0.2, -0.15) is 4.31 Å². The van der Waals surface area contributed by atoms with Crippen molar-refractivity contribution in [1.29, 1.82) is 0 Å². The van der Waals surface area contributed by atoms with E-state index in [4.69, 9.17) is 19.0 Å². The lowest BCUT2D eigenvalue weighted by molar-refractivity contribution is -0.250. The van der Waals surface area contributed by atoms with E-state index in [1.807, 2.05) is 54.6 Å². The van der Waals surface area contributed by atoms with E-state index in [2.05, 4.69) is 29.2 Å². The highest BCUT2D eigenvalue weighted by molar-refractivity contribution is 7.89. The van der Waals surface area contributed by atoms with Crippen LogP contribution in [0.5, 0.6) is 17.2 Å². The van der Waals surface area contributed by atoms with Crippen LogP contribution in [-0.2, 0) is 24.4 Å². The number of anilines is 1. The number of likely N-dealkylation sites (N-methyl/N-ethyl adjacent to an activating group) is 1. The Labute approximate surface area is 352 Å². The number of carbonyl (C=O) groups is 1. The van der Waals surface area contributed by atoms with Gasteiger partial charge in [0, 0.05) is 50.8 Å². The van der Waals surface area contributed by atoms with E-state index < -0.39 is 27.8 Å². The number of nitrogens with one attached hydrogen (secondary N) is 1. The number of unbranched alkanes of at least 4 members (excludes halogenated alkanes) is 2. The zero-order valence-electron chi connectivity index (χ0n) is 34.5. The molecule has 1 aliphatic heterocycles. The molecule has 1 fully saturated rings. The van der Waals surface area contributed by atoms with Crippen LogP contribution in [0.1, 0.15) is 63.4 Å². The van der Waals surface area contributed by atoms with Crippen molar-refractivity contribution in [2.24, 2.45) is 22.9 Å². The Morgan fingerprint density at radius 1 is 0.967 bits per heavy atom. The van der Waals surface area contributed by atoms with Crippen molar-refractivity contribution in [3.8, 4) is 17.2 Å². The highest BCUT2D eigenvalue weighted by atomic mass is 32.2. The van der Waals surface area contributed by atoms with Crippen LogP contribution in [0, 0.1) is 17.8 Å². The lowest BCUT2D eigenvalue weighted by atomic mass is 9.55. The summed E-state index contributed by atoms with van der Waals surface area (Å²) >= 11 is 0. The van der Waals surface area contributed by atoms with E-state index in [1.54, 1.807) is 18.2 Å². The molecule has 3 N–H and O–H groups in total. The zero-order chi connectivity index (χ0) is 42.4. The van der Waals surface area contributed by atoms with Crippen molar-refractivity contribution in [3.63, 3.8) is 0 Å². The maximum Gasteiger partial charge on any atom is 0.243 e. The summed E-state index contributed by atoms with van der Waals surface area (Å²) in [6, 6.07) is 25.0. The first-order chi connectivity index (χ1) is 29.0. The Kier molecular flexibility index (Phi) is 13.4. The third-order valence-corrected chi connectivity index (χ3v) is 14.0. The Hall–Kier alpha value is -5.05. The average Bonchev–Trinajstić information content (AvgIpc) is 3.24. The van der Waals surface area contributed by atoms with Crippen molar-refractivity contribution in [1.82, 2.24) is 4.31 Å². The van der Waals surface area contributed by atoms with Crippen LogP contribution < -0.4 is 14.8 Å². The van der Waals surface area contributed by atoms with Gasteiger partial charge < -0.3 is 34.6 Å². The molecule has 1 heterocycles. The number of amides is 1. The van der Waals surface area contributed by atoms with E-state index in [9.17, 15) is 23.4 Å². The molecule has 0 aromatic heterocycles. The van der Waals surface area contributed by atoms with Crippen molar-refractivity contribution < 1.29 is 42.5 Å². The van der Waals surface area contributed by atoms with Gasteiger partial charge in [-0.15, -0.1) is 6.58 Å². The minimum Gasteiger partial charge on any atom is -0.460 e. The molecule has 12 nitrogen and oxygen atoms in total. The maximum absolute atomic E-state index is 14.7. The molecule has 0 spiro atoms. The minimum absolute atomic E-state index is 0.0000430. The number of carbonyl (C=O) groups excluding carboxylic acids is 1. The Bertz CT molecular complexity index is 2350. The minimum atomic E-state index is -4.20. The van der Waals surface area contributed by atoms with E-state index in [0.29, 0.717) is 41.5 Å². The van der Waals surface area contributed by atoms with Gasteiger partial charge in [0.1, 0.15) is 24.4 Å². The second kappa shape index (κ2) is 18.7. The smallest absolute Gasteiger partial charge is 0.243 e. The molecule has 0 bridgehead atoms. The van der Waals surface area contributed by atoms with Gasteiger partial charge >= 0.3 is 0 Å². The maximum atomic E-state index is 14.7. The molecular formula is C47H55N3O9S. The summed E-state index contributed by atoms with van der Waals surface area (Å²) in [5.74, 6) is -0.781. The highest BCUT2D eigenvalue weighted by Crippen LogP contribution is 2.62. The lowest BCUT2D eigenvalue weighted by Crippen LogP contribution is -2.69. The second-order valence-corrected chi connectivity index (χ2v) is 17.8. The van der Waals surface area contributed by atoms with Crippen LogP contribution in [0.3, 0.4) is 0 Å². The quantitative estimate of drug-likeness (QED) is 0.0511. The number of hydrogen-bond acceptors (Lipinski definition) is 10. The molecule has 2 aliphatic carbocycles. The zero-order valence-corrected chi connectivity index (χ0v) is 35.3. The number of allylic oxidation sites excluding steroid dienone is 1. The molecule has 60 heavy (non-hydrogen) atoms. The summed E-state index contributed by atoms with van der Waals surface area (Å²) in [4.78, 5) is 17.3. The molecule has 1 saturated carbocycles. The SMILES string of the molecule is C=CCO[C@@]12Oc3ccc(Oc4ccc5ccccc5c4)cc3[C@H]3[C@H](CCCCO)[C@@H](CCCCO)C=C(C(=NOC)C[C@@H]1N(C)S(=O)(=O)c1ccc(NC(C)=O)cc1)[C@H]32. The Morgan fingerprint density at radius 3 is 2.37 bits per heavy atom. The number of aliphatic hydroxyl groups excluding tert-OH is 2. The number of oxime groups is 1. The van der Waals surface area contributed by atoms with Gasteiger partial charge in [-0.05, 0) is 108 Å². The van der Waals surface area contributed by atoms with Crippen molar-refractivity contribution in [2.45, 2.75) is 74.5 Å². The van der Waals surface area contributed by atoms with Crippen LogP contribution in [0.25, 0.3) is 10.8 Å². The number of fused-ring (bicyclic) bond motifs is 3. The third kappa shape index (κ3) is 8.59. The first-order valence-corrected chi connectivity index (χ1v) is 22.1. The van der Waals surface area contributed by atoms with Gasteiger partial charge in [-0.25, -0.2) is 8.42 Å². The largest absolute Gasteiger partial charge is 0.460 e. The Morgan fingerprint density at radius 2 is 1.67 bits per heavy atom. The lowest BCUT2D eigenvalue weighted by Gasteiger charge is -2.59. The summed E-state index contributed by atoms with van der Waals surface area (Å²) in [7, 11) is -1.19. The van der Waals surface area contributed by atoms with Gasteiger partial charge in [-0.1, -0.05) is 60.5 Å². The summed E-state index contributed by atoms with van der Waals surface area (Å²) in [6.07, 6.45) is 8.40. The van der Waals surface area contributed by atoms with Crippen LogP contribution in [0.2, 0.25) is 0 Å².